The van der Waals surface area contributed by atoms with Crippen LogP contribution in [-0.4, -0.2) is 23.5 Å². The monoisotopic (exact) mass is 306 g/mol. The zero-order chi connectivity index (χ0) is 16.0. The summed E-state index contributed by atoms with van der Waals surface area (Å²) in [4.78, 5) is 26.3. The van der Waals surface area contributed by atoms with Crippen molar-refractivity contribution in [1.29, 1.82) is 0 Å². The standard InChI is InChI=1S/C14H16N2O2S.C2H6/c1-9(15)8-16-11-5-3-4-6-12(11)19-13(14(16)18)7-10(2)17;1-2/h3-6,13H,1,7-8,15H2,2H3;1-2H3. The van der Waals surface area contributed by atoms with Crippen LogP contribution in [0.2, 0.25) is 0 Å². The lowest BCUT2D eigenvalue weighted by Gasteiger charge is -2.33. The van der Waals surface area contributed by atoms with E-state index in [9.17, 15) is 9.59 Å². The van der Waals surface area contributed by atoms with Crippen molar-refractivity contribution in [2.24, 2.45) is 5.73 Å². The fraction of sp³-hybridized carbons (Fsp3) is 0.375. The van der Waals surface area contributed by atoms with Gasteiger partial charge in [0.2, 0.25) is 5.91 Å². The van der Waals surface area contributed by atoms with Crippen LogP contribution in [0.4, 0.5) is 5.69 Å². The Kier molecular flexibility index (Phi) is 6.49. The SMILES string of the molecule is C=C(N)CN1C(=O)C(CC(C)=O)Sc2ccccc21.CC. The first-order valence-electron chi connectivity index (χ1n) is 6.99. The van der Waals surface area contributed by atoms with Crippen LogP contribution in [0.25, 0.3) is 0 Å². The van der Waals surface area contributed by atoms with E-state index in [-0.39, 0.29) is 29.9 Å². The van der Waals surface area contributed by atoms with Gasteiger partial charge in [0.15, 0.2) is 0 Å². The highest BCUT2D eigenvalue weighted by Gasteiger charge is 2.33. The summed E-state index contributed by atoms with van der Waals surface area (Å²) in [5, 5.41) is -0.369. The second-order valence-corrected chi connectivity index (χ2v) is 5.81. The Morgan fingerprint density at radius 2 is 2.00 bits per heavy atom. The quantitative estimate of drug-likeness (QED) is 0.929. The van der Waals surface area contributed by atoms with E-state index >= 15 is 0 Å². The number of hydrogen-bond donors (Lipinski definition) is 1. The molecule has 0 saturated heterocycles. The Hall–Kier alpha value is -1.75. The predicted molar refractivity (Wildman–Crippen MR) is 88.4 cm³/mol. The van der Waals surface area contributed by atoms with Gasteiger partial charge in [-0.25, -0.2) is 0 Å². The Morgan fingerprint density at radius 3 is 2.57 bits per heavy atom. The lowest BCUT2D eigenvalue weighted by molar-refractivity contribution is -0.122. The van der Waals surface area contributed by atoms with E-state index < -0.39 is 0 Å². The van der Waals surface area contributed by atoms with Gasteiger partial charge in [-0.2, -0.15) is 0 Å². The third-order valence-electron chi connectivity index (χ3n) is 2.80. The van der Waals surface area contributed by atoms with Crippen molar-refractivity contribution in [3.63, 3.8) is 0 Å². The maximum atomic E-state index is 12.4. The predicted octanol–water partition coefficient (Wildman–Crippen LogP) is 2.97. The summed E-state index contributed by atoms with van der Waals surface area (Å²) < 4.78 is 0. The molecule has 2 N–H and O–H groups in total. The number of hydrogen-bond acceptors (Lipinski definition) is 4. The molecule has 114 valence electrons. The van der Waals surface area contributed by atoms with Gasteiger partial charge >= 0.3 is 0 Å². The maximum absolute atomic E-state index is 12.4. The number of thioether (sulfide) groups is 1. The number of nitrogens with two attached hydrogens (primary N) is 1. The zero-order valence-corrected chi connectivity index (χ0v) is 13.6. The third-order valence-corrected chi connectivity index (χ3v) is 4.05. The molecule has 0 aliphatic carbocycles. The van der Waals surface area contributed by atoms with Gasteiger partial charge in [-0.15, -0.1) is 11.8 Å². The highest BCUT2D eigenvalue weighted by Crippen LogP contribution is 2.40. The first-order valence-corrected chi connectivity index (χ1v) is 7.86. The lowest BCUT2D eigenvalue weighted by atomic mass is 10.1. The molecular weight excluding hydrogens is 284 g/mol. The zero-order valence-electron chi connectivity index (χ0n) is 12.8. The van der Waals surface area contributed by atoms with Crippen molar-refractivity contribution in [2.75, 3.05) is 11.4 Å². The minimum absolute atomic E-state index is 0.0109. The number of fused-ring (bicyclic) bond motifs is 1. The minimum Gasteiger partial charge on any atom is -0.401 e. The van der Waals surface area contributed by atoms with Gasteiger partial charge in [-0.3, -0.25) is 9.59 Å². The van der Waals surface area contributed by atoms with E-state index in [1.54, 1.807) is 4.90 Å². The summed E-state index contributed by atoms with van der Waals surface area (Å²) in [5.74, 6) is -0.0674. The number of rotatable bonds is 4. The van der Waals surface area contributed by atoms with Gasteiger partial charge in [-0.05, 0) is 19.1 Å². The number of benzene rings is 1. The van der Waals surface area contributed by atoms with Crippen molar-refractivity contribution in [3.8, 4) is 0 Å². The molecule has 2 rings (SSSR count). The molecule has 4 nitrogen and oxygen atoms in total. The van der Waals surface area contributed by atoms with Crippen LogP contribution in [0.1, 0.15) is 27.2 Å². The van der Waals surface area contributed by atoms with Crippen LogP contribution in [-0.2, 0) is 9.59 Å². The molecule has 1 aromatic carbocycles. The lowest BCUT2D eigenvalue weighted by Crippen LogP contribution is -2.43. The number of amides is 1. The number of para-hydroxylation sites is 1. The Bertz CT molecular complexity index is 543. The van der Waals surface area contributed by atoms with Gasteiger partial charge in [0.1, 0.15) is 5.78 Å². The van der Waals surface area contributed by atoms with E-state index in [0.29, 0.717) is 5.70 Å². The van der Waals surface area contributed by atoms with Gasteiger partial charge in [-0.1, -0.05) is 32.6 Å². The highest BCUT2D eigenvalue weighted by molar-refractivity contribution is 8.01. The molecule has 21 heavy (non-hydrogen) atoms. The van der Waals surface area contributed by atoms with Crippen molar-refractivity contribution in [3.05, 3.63) is 36.5 Å². The van der Waals surface area contributed by atoms with Crippen molar-refractivity contribution in [1.82, 2.24) is 0 Å². The average molecular weight is 306 g/mol. The van der Waals surface area contributed by atoms with Crippen molar-refractivity contribution < 1.29 is 9.59 Å². The van der Waals surface area contributed by atoms with Crippen LogP contribution >= 0.6 is 11.8 Å². The van der Waals surface area contributed by atoms with Crippen LogP contribution in [0, 0.1) is 0 Å². The largest absolute Gasteiger partial charge is 0.401 e. The molecule has 0 bridgehead atoms. The molecule has 0 aromatic heterocycles. The number of carbonyl (C=O) groups excluding carboxylic acids is 2. The second kappa shape index (κ2) is 7.88. The van der Waals surface area contributed by atoms with Crippen LogP contribution in [0.15, 0.2) is 41.4 Å². The third kappa shape index (κ3) is 4.36. The number of Topliss-reactive ketones (excluding diaryl/α,β-unsaturated/α-hetero) is 1. The van der Waals surface area contributed by atoms with Crippen LogP contribution in [0.3, 0.4) is 0 Å². The first-order chi connectivity index (χ1) is 9.99. The summed E-state index contributed by atoms with van der Waals surface area (Å²) in [6, 6.07) is 7.63. The Balaban J connectivity index is 0.00000106. The fourth-order valence-corrected chi connectivity index (χ4v) is 3.34. The molecule has 1 aliphatic rings. The van der Waals surface area contributed by atoms with E-state index in [2.05, 4.69) is 6.58 Å². The molecule has 1 amide bonds. The molecule has 1 atom stereocenters. The molecule has 1 aliphatic heterocycles. The Labute approximate surface area is 130 Å². The van der Waals surface area contributed by atoms with Gasteiger partial charge in [0.25, 0.3) is 0 Å². The number of nitrogens with zero attached hydrogens (tertiary/aromatic N) is 1. The molecule has 0 saturated carbocycles. The summed E-state index contributed by atoms with van der Waals surface area (Å²) in [7, 11) is 0. The maximum Gasteiger partial charge on any atom is 0.241 e. The Morgan fingerprint density at radius 1 is 1.38 bits per heavy atom. The molecule has 0 fully saturated rings. The normalized spacial score (nSPS) is 16.6. The first kappa shape index (κ1) is 17.3. The van der Waals surface area contributed by atoms with E-state index in [4.69, 9.17) is 5.73 Å². The molecule has 1 unspecified atom stereocenters. The molecule has 1 aromatic rings. The van der Waals surface area contributed by atoms with Crippen molar-refractivity contribution >= 4 is 29.1 Å². The summed E-state index contributed by atoms with van der Waals surface area (Å²) >= 11 is 1.44. The topological polar surface area (TPSA) is 63.4 Å². The van der Waals surface area contributed by atoms with E-state index in [1.807, 2.05) is 38.1 Å². The van der Waals surface area contributed by atoms with Gasteiger partial charge in [0.05, 0.1) is 17.5 Å². The van der Waals surface area contributed by atoms with Gasteiger partial charge in [0, 0.05) is 17.0 Å². The summed E-state index contributed by atoms with van der Waals surface area (Å²) in [6.45, 7) is 9.44. The number of carbonyl (C=O) groups is 2. The summed E-state index contributed by atoms with van der Waals surface area (Å²) in [6.07, 6.45) is 0.241. The minimum atomic E-state index is -0.369. The highest BCUT2D eigenvalue weighted by atomic mass is 32.2. The van der Waals surface area contributed by atoms with E-state index in [1.165, 1.54) is 18.7 Å². The molecule has 0 spiro atoms. The molecule has 1 heterocycles. The molecular formula is C16H22N2O2S. The second-order valence-electron chi connectivity index (χ2n) is 4.56. The number of anilines is 1. The van der Waals surface area contributed by atoms with E-state index in [0.717, 1.165) is 10.6 Å². The molecule has 0 radical (unpaired) electrons. The van der Waals surface area contributed by atoms with Crippen LogP contribution in [0.5, 0.6) is 0 Å². The summed E-state index contributed by atoms with van der Waals surface area (Å²) in [5.41, 5.74) is 6.89. The smallest absolute Gasteiger partial charge is 0.241 e. The average Bonchev–Trinajstić information content (AvgIpc) is 2.45. The fourth-order valence-electron chi connectivity index (χ4n) is 2.03. The molecule has 5 heteroatoms. The van der Waals surface area contributed by atoms with Crippen molar-refractivity contribution in [2.45, 2.75) is 37.3 Å². The van der Waals surface area contributed by atoms with Gasteiger partial charge < -0.3 is 10.6 Å². The van der Waals surface area contributed by atoms with Crippen LogP contribution < -0.4 is 10.6 Å². The number of ketones is 1.